The Kier molecular flexibility index (Phi) is 7.35. The summed E-state index contributed by atoms with van der Waals surface area (Å²) in [6, 6.07) is 71.8. The topological polar surface area (TPSA) is 45.7 Å². The monoisotopic (exact) mass is 752 g/mol. The van der Waals surface area contributed by atoms with Crippen LogP contribution < -0.4 is 5.32 Å². The van der Waals surface area contributed by atoms with Crippen LogP contribution in [0.25, 0.3) is 98.4 Å². The minimum absolute atomic E-state index is 0.834. The maximum absolute atomic E-state index is 8.85. The number of nitrogens with one attached hydrogen (secondary N) is 2. The Morgan fingerprint density at radius 3 is 1.51 bits per heavy atom. The number of hydrogen-bond acceptors (Lipinski definition) is 2. The van der Waals surface area contributed by atoms with Gasteiger partial charge in [0.15, 0.2) is 0 Å². The van der Waals surface area contributed by atoms with Crippen molar-refractivity contribution in [1.82, 2.24) is 9.13 Å². The summed E-state index contributed by atoms with van der Waals surface area (Å²) in [5.41, 5.74) is 11.5. The van der Waals surface area contributed by atoms with Gasteiger partial charge in [-0.1, -0.05) is 146 Å². The zero-order chi connectivity index (χ0) is 39.0. The van der Waals surface area contributed by atoms with Gasteiger partial charge in [-0.15, -0.1) is 0 Å². The summed E-state index contributed by atoms with van der Waals surface area (Å²) < 4.78 is 4.68. The third kappa shape index (κ3) is 5.00. The fraction of sp³-hybridized carbons (Fsp3) is 0. The van der Waals surface area contributed by atoms with Crippen LogP contribution in [-0.2, 0) is 0 Å². The molecular weight excluding hydrogens is 717 g/mol. The number of anilines is 2. The molecule has 0 aliphatic carbocycles. The Balaban J connectivity index is 1.05. The molecular formula is C55H36N4. The van der Waals surface area contributed by atoms with Crippen molar-refractivity contribution in [2.45, 2.75) is 0 Å². The van der Waals surface area contributed by atoms with Gasteiger partial charge in [-0.3, -0.25) is 0 Å². The van der Waals surface area contributed by atoms with Gasteiger partial charge < -0.3 is 19.9 Å². The number of para-hydroxylation sites is 4. The summed E-state index contributed by atoms with van der Waals surface area (Å²) in [6.07, 6.45) is 1.50. The van der Waals surface area contributed by atoms with Crippen molar-refractivity contribution in [2.24, 2.45) is 0 Å². The van der Waals surface area contributed by atoms with Gasteiger partial charge in [-0.2, -0.15) is 0 Å². The molecule has 4 nitrogen and oxygen atoms in total. The number of hydrogen-bond donors (Lipinski definition) is 2. The molecule has 0 aliphatic heterocycles. The lowest BCUT2D eigenvalue weighted by atomic mass is 9.92. The van der Waals surface area contributed by atoms with Crippen molar-refractivity contribution in [1.29, 1.82) is 5.41 Å². The van der Waals surface area contributed by atoms with Gasteiger partial charge in [0.2, 0.25) is 0 Å². The molecule has 0 unspecified atom stereocenters. The standard InChI is InChI=1S/C55H36N4/c56-34-49-50(31-30-47-45-23-9-10-26-52(45)58(54(47)49)37-15-2-1-3-16-37)57-51-25-13-24-46-44-22-8-11-27-53(44)59(55(46)51)38-17-12-14-35(32-38)36-28-29-43-41-20-5-4-18-39(41)40-19-6-7-21-42(40)48(43)33-36/h1-34,56-57H. The van der Waals surface area contributed by atoms with Crippen LogP contribution in [0.1, 0.15) is 5.56 Å². The number of fused-ring (bicyclic) bond motifs is 12. The number of aromatic nitrogens is 2. The summed E-state index contributed by atoms with van der Waals surface area (Å²) in [4.78, 5) is 0. The summed E-state index contributed by atoms with van der Waals surface area (Å²) >= 11 is 0. The van der Waals surface area contributed by atoms with Gasteiger partial charge in [-0.25, -0.2) is 0 Å². The SMILES string of the molecule is N=Cc1c(Nc2cccc3c4ccccc4n(-c4cccc(-c5ccc6c7ccccc7c7ccccc7c6c5)c4)c23)ccc2c3ccccc3n(-c3ccccc3)c12. The van der Waals surface area contributed by atoms with Gasteiger partial charge in [0.1, 0.15) is 0 Å². The number of benzene rings is 10. The van der Waals surface area contributed by atoms with E-state index in [2.05, 4.69) is 209 Å². The Labute approximate surface area is 340 Å². The molecule has 59 heavy (non-hydrogen) atoms. The van der Waals surface area contributed by atoms with E-state index in [-0.39, 0.29) is 0 Å². The molecule has 276 valence electrons. The van der Waals surface area contributed by atoms with Crippen molar-refractivity contribution in [2.75, 3.05) is 5.32 Å². The average molecular weight is 753 g/mol. The fourth-order valence-electron chi connectivity index (χ4n) is 9.63. The van der Waals surface area contributed by atoms with E-state index in [0.717, 1.165) is 72.1 Å². The third-order valence-electron chi connectivity index (χ3n) is 12.2. The molecule has 12 aromatic rings. The fourth-order valence-corrected chi connectivity index (χ4v) is 9.63. The number of rotatable bonds is 6. The minimum atomic E-state index is 0.834. The molecule has 12 rings (SSSR count). The van der Waals surface area contributed by atoms with E-state index in [1.165, 1.54) is 49.5 Å². The largest absolute Gasteiger partial charge is 0.353 e. The predicted molar refractivity (Wildman–Crippen MR) is 251 cm³/mol. The quantitative estimate of drug-likeness (QED) is 0.129. The van der Waals surface area contributed by atoms with Crippen LogP contribution in [0.5, 0.6) is 0 Å². The van der Waals surface area contributed by atoms with Crippen LogP contribution in [0, 0.1) is 5.41 Å². The normalized spacial score (nSPS) is 11.8. The lowest BCUT2D eigenvalue weighted by Crippen LogP contribution is -2.02. The molecule has 0 amide bonds. The van der Waals surface area contributed by atoms with Crippen LogP contribution in [0.2, 0.25) is 0 Å². The van der Waals surface area contributed by atoms with Crippen LogP contribution in [0.3, 0.4) is 0 Å². The highest BCUT2D eigenvalue weighted by Crippen LogP contribution is 2.42. The Morgan fingerprint density at radius 2 is 0.831 bits per heavy atom. The highest BCUT2D eigenvalue weighted by atomic mass is 15.0. The summed E-state index contributed by atoms with van der Waals surface area (Å²) in [5.74, 6) is 0. The Morgan fingerprint density at radius 1 is 0.339 bits per heavy atom. The molecule has 0 bridgehead atoms. The van der Waals surface area contributed by atoms with E-state index in [4.69, 9.17) is 5.41 Å². The van der Waals surface area contributed by atoms with E-state index >= 15 is 0 Å². The first-order valence-electron chi connectivity index (χ1n) is 20.1. The Bertz CT molecular complexity index is 3630. The van der Waals surface area contributed by atoms with Gasteiger partial charge >= 0.3 is 0 Å². The van der Waals surface area contributed by atoms with Crippen molar-refractivity contribution in [3.05, 3.63) is 206 Å². The molecule has 0 saturated carbocycles. The number of nitrogens with zero attached hydrogens (tertiary/aromatic N) is 2. The maximum Gasteiger partial charge on any atom is 0.0776 e. The molecule has 10 aromatic carbocycles. The third-order valence-corrected chi connectivity index (χ3v) is 12.2. The predicted octanol–water partition coefficient (Wildman–Crippen LogP) is 14.7. The second-order valence-corrected chi connectivity index (χ2v) is 15.3. The smallest absolute Gasteiger partial charge is 0.0776 e. The highest BCUT2D eigenvalue weighted by molar-refractivity contribution is 6.26. The van der Waals surface area contributed by atoms with E-state index in [0.29, 0.717) is 0 Å². The van der Waals surface area contributed by atoms with Gasteiger partial charge in [0, 0.05) is 50.4 Å². The molecule has 2 N–H and O–H groups in total. The zero-order valence-electron chi connectivity index (χ0n) is 32.0. The second kappa shape index (κ2) is 13.1. The minimum Gasteiger partial charge on any atom is -0.353 e. The summed E-state index contributed by atoms with van der Waals surface area (Å²) in [6.45, 7) is 0. The maximum atomic E-state index is 8.85. The van der Waals surface area contributed by atoms with Gasteiger partial charge in [0.05, 0.1) is 27.8 Å². The van der Waals surface area contributed by atoms with Crippen molar-refractivity contribution in [3.63, 3.8) is 0 Å². The molecule has 0 aliphatic rings. The van der Waals surface area contributed by atoms with E-state index in [9.17, 15) is 0 Å². The Hall–Kier alpha value is -7.95. The second-order valence-electron chi connectivity index (χ2n) is 15.3. The van der Waals surface area contributed by atoms with E-state index < -0.39 is 0 Å². The first-order chi connectivity index (χ1) is 29.2. The summed E-state index contributed by atoms with van der Waals surface area (Å²) in [7, 11) is 0. The molecule has 2 aromatic heterocycles. The average Bonchev–Trinajstić information content (AvgIpc) is 3.83. The van der Waals surface area contributed by atoms with E-state index in [1.807, 2.05) is 6.07 Å². The molecule has 0 saturated heterocycles. The van der Waals surface area contributed by atoms with Crippen molar-refractivity contribution >= 4 is 93.5 Å². The zero-order valence-corrected chi connectivity index (χ0v) is 32.0. The van der Waals surface area contributed by atoms with Gasteiger partial charge in [-0.05, 0) is 98.0 Å². The van der Waals surface area contributed by atoms with Crippen molar-refractivity contribution < 1.29 is 0 Å². The molecule has 0 radical (unpaired) electrons. The lowest BCUT2D eigenvalue weighted by molar-refractivity contribution is 1.18. The molecule has 0 atom stereocenters. The summed E-state index contributed by atoms with van der Waals surface area (Å²) in [5, 5.41) is 25.0. The van der Waals surface area contributed by atoms with Gasteiger partial charge in [0.25, 0.3) is 0 Å². The highest BCUT2D eigenvalue weighted by Gasteiger charge is 2.20. The van der Waals surface area contributed by atoms with Crippen molar-refractivity contribution in [3.8, 4) is 22.5 Å². The van der Waals surface area contributed by atoms with Crippen LogP contribution in [0.4, 0.5) is 11.4 Å². The lowest BCUT2D eigenvalue weighted by Gasteiger charge is -2.17. The molecule has 0 spiro atoms. The van der Waals surface area contributed by atoms with E-state index in [1.54, 1.807) is 0 Å². The van der Waals surface area contributed by atoms with Crippen LogP contribution in [-0.4, -0.2) is 15.3 Å². The van der Waals surface area contributed by atoms with Crippen LogP contribution >= 0.6 is 0 Å². The first kappa shape index (κ1) is 33.2. The molecule has 4 heteroatoms. The molecule has 2 heterocycles. The molecule has 0 fully saturated rings. The van der Waals surface area contributed by atoms with Crippen LogP contribution in [0.15, 0.2) is 200 Å². The first-order valence-corrected chi connectivity index (χ1v) is 20.1.